The zero-order valence-corrected chi connectivity index (χ0v) is 41.6. The quantitative estimate of drug-likeness (QED) is 0.142. The Morgan fingerprint density at radius 3 is 1.94 bits per heavy atom. The van der Waals surface area contributed by atoms with Gasteiger partial charge in [0.05, 0.1) is 0 Å². The molecule has 0 radical (unpaired) electrons. The van der Waals surface area contributed by atoms with Gasteiger partial charge in [-0.2, -0.15) is 6.07 Å². The van der Waals surface area contributed by atoms with Crippen molar-refractivity contribution in [3.8, 4) is 28.4 Å². The number of ether oxygens (including phenoxy) is 1. The summed E-state index contributed by atoms with van der Waals surface area (Å²) in [7, 11) is 0. The SMILES string of the molecule is Cc1cc2c(cc1C)N(c1cccc(-c3c(C(C)C)cccc3C(C)C)c1)[CH-]N2c1[c-]c(Oc2[c-]c3c(cc2)c2ccccc2n3-c2cc(C(C)(C)C)ccn2)cc(C(C)(C)C)c1.[Pt]. The first kappa shape index (κ1) is 44.9. The molecule has 0 fully saturated rings. The number of pyridine rings is 1. The predicted octanol–water partition coefficient (Wildman–Crippen LogP) is 16.1. The smallest absolute Gasteiger partial charge is 0.135 e. The van der Waals surface area contributed by atoms with E-state index in [9.17, 15) is 0 Å². The molecule has 0 spiro atoms. The van der Waals surface area contributed by atoms with Gasteiger partial charge in [-0.1, -0.05) is 123 Å². The molecule has 0 saturated carbocycles. The van der Waals surface area contributed by atoms with Crippen molar-refractivity contribution in [2.75, 3.05) is 9.80 Å². The number of aryl methyl sites for hydroxylation is 2. The molecule has 0 amide bonds. The summed E-state index contributed by atoms with van der Waals surface area (Å²) in [6.45, 7) is 29.2. The third-order valence-electron chi connectivity index (χ3n) is 12.7. The number of nitrogens with zero attached hydrogens (tertiary/aromatic N) is 4. The fraction of sp³-hybridized carbons (Fsp3) is 0.276. The minimum absolute atomic E-state index is 0. The molecule has 6 heteroatoms. The van der Waals surface area contributed by atoms with Crippen molar-refractivity contribution < 1.29 is 25.8 Å². The summed E-state index contributed by atoms with van der Waals surface area (Å²) < 4.78 is 9.07. The second-order valence-electron chi connectivity index (χ2n) is 20.0. The van der Waals surface area contributed by atoms with E-state index in [1.807, 2.05) is 12.3 Å². The van der Waals surface area contributed by atoms with E-state index in [-0.39, 0.29) is 31.9 Å². The molecule has 0 unspecified atom stereocenters. The van der Waals surface area contributed by atoms with Crippen molar-refractivity contribution in [3.63, 3.8) is 0 Å². The van der Waals surface area contributed by atoms with Crippen LogP contribution in [0.2, 0.25) is 0 Å². The average Bonchev–Trinajstić information content (AvgIpc) is 3.78. The van der Waals surface area contributed by atoms with Crippen molar-refractivity contribution in [3.05, 3.63) is 174 Å². The van der Waals surface area contributed by atoms with Gasteiger partial charge in [0.2, 0.25) is 0 Å². The van der Waals surface area contributed by atoms with Crippen LogP contribution in [0.3, 0.4) is 0 Å². The maximum Gasteiger partial charge on any atom is 0.135 e. The normalized spacial score (nSPS) is 13.0. The molecule has 0 saturated heterocycles. The van der Waals surface area contributed by atoms with Gasteiger partial charge in [-0.15, -0.1) is 53.6 Å². The van der Waals surface area contributed by atoms with Crippen LogP contribution in [-0.4, -0.2) is 9.55 Å². The Kier molecular flexibility index (Phi) is 12.0. The van der Waals surface area contributed by atoms with Crippen LogP contribution in [0.5, 0.6) is 11.5 Å². The largest absolute Gasteiger partial charge is 0.509 e. The van der Waals surface area contributed by atoms with E-state index in [2.05, 4.69) is 225 Å². The molecule has 2 aromatic heterocycles. The van der Waals surface area contributed by atoms with Gasteiger partial charge in [-0.05, 0) is 123 Å². The number of hydrogen-bond acceptors (Lipinski definition) is 4. The molecule has 0 aliphatic carbocycles. The van der Waals surface area contributed by atoms with Gasteiger partial charge in [-0.3, -0.25) is 0 Å². The molecule has 9 rings (SSSR count). The Morgan fingerprint density at radius 2 is 1.27 bits per heavy atom. The third kappa shape index (κ3) is 8.29. The van der Waals surface area contributed by atoms with Crippen LogP contribution >= 0.6 is 0 Å². The first-order chi connectivity index (χ1) is 30.0. The Hall–Kier alpha value is -5.64. The summed E-state index contributed by atoms with van der Waals surface area (Å²) in [5, 5.41) is 2.25. The van der Waals surface area contributed by atoms with Gasteiger partial charge in [0, 0.05) is 61.3 Å². The average molecular weight is 1020 g/mol. The number of fused-ring (bicyclic) bond motifs is 4. The minimum Gasteiger partial charge on any atom is -0.509 e. The first-order valence-electron chi connectivity index (χ1n) is 22.4. The van der Waals surface area contributed by atoms with Gasteiger partial charge >= 0.3 is 0 Å². The van der Waals surface area contributed by atoms with Crippen molar-refractivity contribution in [1.82, 2.24) is 9.55 Å². The van der Waals surface area contributed by atoms with Crippen LogP contribution in [-0.2, 0) is 31.9 Å². The number of rotatable bonds is 8. The van der Waals surface area contributed by atoms with Crippen molar-refractivity contribution >= 4 is 44.6 Å². The van der Waals surface area contributed by atoms with Gasteiger partial charge in [0.15, 0.2) is 0 Å². The number of para-hydroxylation sites is 1. The van der Waals surface area contributed by atoms with Crippen LogP contribution in [0, 0.1) is 32.6 Å². The molecular weight excluding hydrogens is 964 g/mol. The fourth-order valence-electron chi connectivity index (χ4n) is 8.95. The summed E-state index contributed by atoms with van der Waals surface area (Å²) >= 11 is 0. The summed E-state index contributed by atoms with van der Waals surface area (Å²) in [6.07, 6.45) is 1.91. The Labute approximate surface area is 395 Å². The maximum atomic E-state index is 6.86. The van der Waals surface area contributed by atoms with Gasteiger partial charge in [0.25, 0.3) is 0 Å². The van der Waals surface area contributed by atoms with Crippen LogP contribution in [0.4, 0.5) is 22.7 Å². The zero-order chi connectivity index (χ0) is 44.5. The summed E-state index contributed by atoms with van der Waals surface area (Å²) in [6, 6.07) is 49.2. The van der Waals surface area contributed by atoms with Crippen molar-refractivity contribution in [1.29, 1.82) is 0 Å². The molecule has 64 heavy (non-hydrogen) atoms. The summed E-state index contributed by atoms with van der Waals surface area (Å²) in [5.74, 6) is 2.91. The minimum atomic E-state index is -0.163. The standard InChI is InChI=1S/C58H59N4O.Pt/c1-36(2)47-20-16-21-48(37(3)4)56(47)40-17-15-18-43(29-40)60-35-61(54-28-39(6)38(5)27-53(54)60)44-30-42(58(10,11)12)31-46(33-44)63-45-23-24-50-49-19-13-14-22-51(49)62(52(50)34-45)55-32-41(25-26-59-55)57(7,8)9;/h13-32,35-37H,1-12H3;/q-3;. The fourth-order valence-corrected chi connectivity index (χ4v) is 8.95. The number of hydrogen-bond donors (Lipinski definition) is 0. The molecule has 5 nitrogen and oxygen atoms in total. The summed E-state index contributed by atoms with van der Waals surface area (Å²) in [5.41, 5.74) is 16.2. The van der Waals surface area contributed by atoms with Crippen LogP contribution in [0.1, 0.15) is 114 Å². The molecule has 1 aliphatic rings. The molecule has 6 aromatic carbocycles. The van der Waals surface area contributed by atoms with E-state index in [1.54, 1.807) is 0 Å². The number of benzene rings is 6. The van der Waals surface area contributed by atoms with E-state index in [1.165, 1.54) is 38.9 Å². The van der Waals surface area contributed by atoms with Gasteiger partial charge in [0.1, 0.15) is 5.82 Å². The van der Waals surface area contributed by atoms with Crippen LogP contribution < -0.4 is 14.5 Å². The third-order valence-corrected chi connectivity index (χ3v) is 12.7. The predicted molar refractivity (Wildman–Crippen MR) is 265 cm³/mol. The second kappa shape index (κ2) is 17.1. The Balaban J connectivity index is 0.00000560. The maximum absolute atomic E-state index is 6.86. The van der Waals surface area contributed by atoms with Crippen molar-refractivity contribution in [2.24, 2.45) is 0 Å². The van der Waals surface area contributed by atoms with E-state index < -0.39 is 0 Å². The molecule has 0 atom stereocenters. The van der Waals surface area contributed by atoms with Gasteiger partial charge in [-0.25, -0.2) is 4.98 Å². The summed E-state index contributed by atoms with van der Waals surface area (Å²) in [4.78, 5) is 9.49. The first-order valence-corrected chi connectivity index (χ1v) is 22.4. The molecular formula is C58H59N4OPt-3. The van der Waals surface area contributed by atoms with Gasteiger partial charge < -0.3 is 19.1 Å². The van der Waals surface area contributed by atoms with E-state index >= 15 is 0 Å². The molecule has 3 heterocycles. The second-order valence-corrected chi connectivity index (χ2v) is 20.0. The van der Waals surface area contributed by atoms with E-state index in [0.717, 1.165) is 55.9 Å². The number of anilines is 4. The molecule has 330 valence electrons. The monoisotopic (exact) mass is 1020 g/mol. The van der Waals surface area contributed by atoms with Crippen LogP contribution in [0.15, 0.2) is 121 Å². The molecule has 1 aliphatic heterocycles. The topological polar surface area (TPSA) is 33.5 Å². The van der Waals surface area contributed by atoms with E-state index in [0.29, 0.717) is 23.3 Å². The zero-order valence-electron chi connectivity index (χ0n) is 39.3. The van der Waals surface area contributed by atoms with E-state index in [4.69, 9.17) is 9.72 Å². The number of aromatic nitrogens is 2. The van der Waals surface area contributed by atoms with Crippen LogP contribution in [0.25, 0.3) is 38.8 Å². The van der Waals surface area contributed by atoms with Crippen molar-refractivity contribution in [2.45, 2.75) is 106 Å². The molecule has 0 N–H and O–H groups in total. The Morgan fingerprint density at radius 1 is 0.609 bits per heavy atom. The molecule has 0 bridgehead atoms. The molecule has 8 aromatic rings. The Bertz CT molecular complexity index is 3010.